The molecule has 1 rings (SSSR count). The Hall–Kier alpha value is -1.06. The number of nitrogens with zero attached hydrogens (tertiary/aromatic N) is 1. The molecule has 0 heterocycles. The van der Waals surface area contributed by atoms with Crippen LogP contribution in [0.2, 0.25) is 0 Å². The Morgan fingerprint density at radius 1 is 1.10 bits per heavy atom. The number of ether oxygens (including phenoxy) is 1. The van der Waals surface area contributed by atoms with Crippen molar-refractivity contribution in [1.82, 2.24) is 4.90 Å². The van der Waals surface area contributed by atoms with Gasteiger partial charge in [0.1, 0.15) is 5.75 Å². The Kier molecular flexibility index (Phi) is 7.63. The summed E-state index contributed by atoms with van der Waals surface area (Å²) in [6, 6.07) is 8.05. The van der Waals surface area contributed by atoms with Crippen LogP contribution in [-0.2, 0) is 0 Å². The molecule has 0 amide bonds. The van der Waals surface area contributed by atoms with Gasteiger partial charge >= 0.3 is 0 Å². The molecular weight excluding hydrogens is 248 g/mol. The van der Waals surface area contributed by atoms with E-state index in [2.05, 4.69) is 31.7 Å². The van der Waals surface area contributed by atoms with E-state index in [1.54, 1.807) is 7.11 Å². The van der Waals surface area contributed by atoms with Crippen molar-refractivity contribution in [1.29, 1.82) is 0 Å². The van der Waals surface area contributed by atoms with Crippen LogP contribution in [0.1, 0.15) is 45.2 Å². The second-order valence-electron chi connectivity index (χ2n) is 5.38. The molecule has 0 aliphatic heterocycles. The van der Waals surface area contributed by atoms with E-state index < -0.39 is 0 Å². The summed E-state index contributed by atoms with van der Waals surface area (Å²) in [6.07, 6.45) is 2.47. The summed E-state index contributed by atoms with van der Waals surface area (Å²) in [5.41, 5.74) is 7.48. The van der Waals surface area contributed by atoms with Crippen LogP contribution in [0.4, 0.5) is 0 Å². The van der Waals surface area contributed by atoms with E-state index in [0.29, 0.717) is 0 Å². The average Bonchev–Trinajstić information content (AvgIpc) is 2.50. The number of hydrogen-bond donors (Lipinski definition) is 1. The standard InChI is InChI=1S/C17H30N2O/c1-5-14(6-2)12-19(7-3)13-16(18)15-10-8-9-11-17(15)20-4/h8-11,14,16H,5-7,12-13,18H2,1-4H3. The van der Waals surface area contributed by atoms with Crippen LogP contribution in [0, 0.1) is 5.92 Å². The molecule has 0 saturated carbocycles. The van der Waals surface area contributed by atoms with Gasteiger partial charge in [0.2, 0.25) is 0 Å². The van der Waals surface area contributed by atoms with Crippen LogP contribution in [0.15, 0.2) is 24.3 Å². The molecule has 0 aliphatic carbocycles. The van der Waals surface area contributed by atoms with Crippen LogP contribution < -0.4 is 10.5 Å². The summed E-state index contributed by atoms with van der Waals surface area (Å²) in [5, 5.41) is 0. The lowest BCUT2D eigenvalue weighted by molar-refractivity contribution is 0.220. The van der Waals surface area contributed by atoms with Gasteiger partial charge in [0, 0.05) is 24.7 Å². The first-order chi connectivity index (χ1) is 9.65. The third kappa shape index (κ3) is 4.80. The number of nitrogens with two attached hydrogens (primary N) is 1. The molecule has 114 valence electrons. The molecule has 0 aromatic heterocycles. The predicted octanol–water partition coefficient (Wildman–Crippen LogP) is 3.45. The molecule has 1 aromatic carbocycles. The molecule has 0 bridgehead atoms. The van der Waals surface area contributed by atoms with E-state index in [-0.39, 0.29) is 6.04 Å². The zero-order chi connectivity index (χ0) is 15.0. The second kappa shape index (κ2) is 8.98. The molecule has 1 atom stereocenters. The molecule has 0 radical (unpaired) electrons. The SMILES string of the molecule is CCC(CC)CN(CC)CC(N)c1ccccc1OC. The summed E-state index contributed by atoms with van der Waals surface area (Å²) in [7, 11) is 1.70. The van der Waals surface area contributed by atoms with Gasteiger partial charge in [0.05, 0.1) is 7.11 Å². The minimum atomic E-state index is 0.000428. The molecule has 3 nitrogen and oxygen atoms in total. The van der Waals surface area contributed by atoms with Gasteiger partial charge in [-0.05, 0) is 18.5 Å². The highest BCUT2D eigenvalue weighted by Gasteiger charge is 2.16. The lowest BCUT2D eigenvalue weighted by Gasteiger charge is -2.28. The summed E-state index contributed by atoms with van der Waals surface area (Å²) < 4.78 is 5.41. The zero-order valence-electron chi connectivity index (χ0n) is 13.4. The number of methoxy groups -OCH3 is 1. The first-order valence-corrected chi connectivity index (χ1v) is 7.76. The van der Waals surface area contributed by atoms with E-state index in [0.717, 1.165) is 36.9 Å². The number of hydrogen-bond acceptors (Lipinski definition) is 3. The van der Waals surface area contributed by atoms with Crippen LogP contribution >= 0.6 is 0 Å². The zero-order valence-corrected chi connectivity index (χ0v) is 13.4. The molecule has 0 saturated heterocycles. The maximum atomic E-state index is 6.38. The van der Waals surface area contributed by atoms with Gasteiger partial charge in [-0.25, -0.2) is 0 Å². The summed E-state index contributed by atoms with van der Waals surface area (Å²) >= 11 is 0. The largest absolute Gasteiger partial charge is 0.496 e. The Morgan fingerprint density at radius 3 is 2.30 bits per heavy atom. The van der Waals surface area contributed by atoms with Crippen LogP contribution in [0.3, 0.4) is 0 Å². The monoisotopic (exact) mass is 278 g/mol. The van der Waals surface area contributed by atoms with Crippen molar-refractivity contribution >= 4 is 0 Å². The van der Waals surface area contributed by atoms with Gasteiger partial charge < -0.3 is 15.4 Å². The minimum absolute atomic E-state index is 0.000428. The third-order valence-corrected chi connectivity index (χ3v) is 4.11. The van der Waals surface area contributed by atoms with Gasteiger partial charge in [-0.2, -0.15) is 0 Å². The summed E-state index contributed by atoms with van der Waals surface area (Å²) in [5.74, 6) is 1.65. The normalized spacial score (nSPS) is 12.9. The second-order valence-corrected chi connectivity index (χ2v) is 5.38. The maximum absolute atomic E-state index is 6.38. The molecule has 3 heteroatoms. The van der Waals surface area contributed by atoms with Crippen molar-refractivity contribution in [2.45, 2.75) is 39.7 Å². The first kappa shape index (κ1) is 17.0. The molecule has 1 aromatic rings. The summed E-state index contributed by atoms with van der Waals surface area (Å²) in [6.45, 7) is 9.79. The fourth-order valence-corrected chi connectivity index (χ4v) is 2.59. The van der Waals surface area contributed by atoms with E-state index >= 15 is 0 Å². The van der Waals surface area contributed by atoms with Crippen LogP contribution in [-0.4, -0.2) is 31.6 Å². The molecule has 0 spiro atoms. The van der Waals surface area contributed by atoms with Gasteiger partial charge in [0.15, 0.2) is 0 Å². The van der Waals surface area contributed by atoms with Crippen molar-refractivity contribution in [3.05, 3.63) is 29.8 Å². The number of likely N-dealkylation sites (N-methyl/N-ethyl adjacent to an activating group) is 1. The highest BCUT2D eigenvalue weighted by Crippen LogP contribution is 2.24. The van der Waals surface area contributed by atoms with Gasteiger partial charge in [-0.3, -0.25) is 0 Å². The van der Waals surface area contributed by atoms with Crippen LogP contribution in [0.25, 0.3) is 0 Å². The first-order valence-electron chi connectivity index (χ1n) is 7.76. The van der Waals surface area contributed by atoms with E-state index in [4.69, 9.17) is 10.5 Å². The fourth-order valence-electron chi connectivity index (χ4n) is 2.59. The van der Waals surface area contributed by atoms with Crippen molar-refractivity contribution in [2.75, 3.05) is 26.7 Å². The average molecular weight is 278 g/mol. The highest BCUT2D eigenvalue weighted by molar-refractivity contribution is 5.35. The smallest absolute Gasteiger partial charge is 0.123 e. The number of para-hydroxylation sites is 1. The Balaban J connectivity index is 2.69. The topological polar surface area (TPSA) is 38.5 Å². The minimum Gasteiger partial charge on any atom is -0.496 e. The Bertz CT molecular complexity index is 377. The Morgan fingerprint density at radius 2 is 1.75 bits per heavy atom. The van der Waals surface area contributed by atoms with Crippen molar-refractivity contribution in [3.8, 4) is 5.75 Å². The van der Waals surface area contributed by atoms with E-state index in [9.17, 15) is 0 Å². The molecular formula is C17H30N2O. The summed E-state index contributed by atoms with van der Waals surface area (Å²) in [4.78, 5) is 2.45. The predicted molar refractivity (Wildman–Crippen MR) is 86.1 cm³/mol. The van der Waals surface area contributed by atoms with E-state index in [1.165, 1.54) is 12.8 Å². The highest BCUT2D eigenvalue weighted by atomic mass is 16.5. The molecule has 0 fully saturated rings. The van der Waals surface area contributed by atoms with Gasteiger partial charge in [-0.15, -0.1) is 0 Å². The molecule has 1 unspecified atom stereocenters. The van der Waals surface area contributed by atoms with Crippen LogP contribution in [0.5, 0.6) is 5.75 Å². The number of benzene rings is 1. The maximum Gasteiger partial charge on any atom is 0.123 e. The van der Waals surface area contributed by atoms with Crippen molar-refractivity contribution in [2.24, 2.45) is 11.7 Å². The Labute approximate surface area is 124 Å². The molecule has 20 heavy (non-hydrogen) atoms. The third-order valence-electron chi connectivity index (χ3n) is 4.11. The van der Waals surface area contributed by atoms with Crippen molar-refractivity contribution < 1.29 is 4.74 Å². The molecule has 0 aliphatic rings. The van der Waals surface area contributed by atoms with Gasteiger partial charge in [0.25, 0.3) is 0 Å². The molecule has 2 N–H and O–H groups in total. The lowest BCUT2D eigenvalue weighted by Crippen LogP contribution is -2.35. The quantitative estimate of drug-likeness (QED) is 0.752. The van der Waals surface area contributed by atoms with Gasteiger partial charge in [-0.1, -0.05) is 51.8 Å². The van der Waals surface area contributed by atoms with Crippen molar-refractivity contribution in [3.63, 3.8) is 0 Å². The number of rotatable bonds is 9. The lowest BCUT2D eigenvalue weighted by atomic mass is 10.0. The fraction of sp³-hybridized carbons (Fsp3) is 0.647. The van der Waals surface area contributed by atoms with E-state index in [1.807, 2.05) is 18.2 Å².